The number of hydrogen-bond donors (Lipinski definition) is 6. The number of ether oxygens (including phenoxy) is 2. The highest BCUT2D eigenvalue weighted by Crippen LogP contribution is 2.50. The number of phenols is 1. The fourth-order valence-electron chi connectivity index (χ4n) is 6.03. The zero-order chi connectivity index (χ0) is 25.8. The Bertz CT molecular complexity index is 1250. The molecule has 11 heteroatoms. The first-order chi connectivity index (χ1) is 17.8. The summed E-state index contributed by atoms with van der Waals surface area (Å²) in [6.45, 7) is 2.63. The molecule has 2 fully saturated rings. The van der Waals surface area contributed by atoms with Crippen LogP contribution in [0.25, 0.3) is 0 Å². The zero-order valence-electron chi connectivity index (χ0n) is 20.0. The van der Waals surface area contributed by atoms with Gasteiger partial charge in [-0.1, -0.05) is 12.1 Å². The number of nitrogens with zero attached hydrogens (tertiary/aromatic N) is 1. The normalized spacial score (nSPS) is 30.4. The molecule has 3 aliphatic heterocycles. The predicted molar refractivity (Wildman–Crippen MR) is 128 cm³/mol. The Kier molecular flexibility index (Phi) is 5.95. The molecule has 1 saturated heterocycles. The highest BCUT2D eigenvalue weighted by atomic mass is 16.7. The van der Waals surface area contributed by atoms with E-state index < -0.39 is 53.9 Å². The Balaban J connectivity index is 1.34. The van der Waals surface area contributed by atoms with Crippen LogP contribution >= 0.6 is 0 Å². The van der Waals surface area contributed by atoms with Crippen molar-refractivity contribution in [3.05, 3.63) is 52.6 Å². The summed E-state index contributed by atoms with van der Waals surface area (Å²) >= 11 is 0. The lowest BCUT2D eigenvalue weighted by molar-refractivity contribution is -0.117. The minimum atomic E-state index is -1.63. The molecule has 0 bridgehead atoms. The number of benzene rings is 2. The van der Waals surface area contributed by atoms with Crippen molar-refractivity contribution in [2.75, 3.05) is 19.9 Å². The van der Waals surface area contributed by atoms with Gasteiger partial charge < -0.3 is 40.5 Å². The first kappa shape index (κ1) is 24.0. The summed E-state index contributed by atoms with van der Waals surface area (Å²) in [6, 6.07) is 6.60. The minimum absolute atomic E-state index is 0.0275. The summed E-state index contributed by atoms with van der Waals surface area (Å²) in [7, 11) is 0. The van der Waals surface area contributed by atoms with Crippen LogP contribution < -0.4 is 20.1 Å². The molecule has 0 spiro atoms. The second-order valence-corrected chi connectivity index (χ2v) is 10.1. The molecule has 0 radical (unpaired) electrons. The fourth-order valence-corrected chi connectivity index (χ4v) is 6.03. The van der Waals surface area contributed by atoms with Gasteiger partial charge in [0.15, 0.2) is 11.5 Å². The largest absolute Gasteiger partial charge is 0.504 e. The van der Waals surface area contributed by atoms with Gasteiger partial charge in [0.25, 0.3) is 11.8 Å². The molecule has 0 aromatic heterocycles. The van der Waals surface area contributed by atoms with Crippen LogP contribution in [0.4, 0.5) is 0 Å². The maximum absolute atomic E-state index is 13.4. The van der Waals surface area contributed by atoms with E-state index in [2.05, 4.69) is 15.5 Å². The van der Waals surface area contributed by atoms with Crippen LogP contribution in [0.15, 0.2) is 30.3 Å². The van der Waals surface area contributed by atoms with Gasteiger partial charge in [0.05, 0.1) is 17.6 Å². The Morgan fingerprint density at radius 1 is 1.08 bits per heavy atom. The fraction of sp³-hybridized carbons (Fsp3) is 0.462. The second kappa shape index (κ2) is 9.18. The van der Waals surface area contributed by atoms with E-state index in [9.17, 15) is 30.0 Å². The second-order valence-electron chi connectivity index (χ2n) is 10.1. The quantitative estimate of drug-likeness (QED) is 0.327. The molecule has 11 nitrogen and oxygen atoms in total. The standard InChI is InChI=1S/C26H29N3O8/c30-20-17-14(9-15-24(20)37-11-36-15)16-18(21(31)23(33)22(32)19(16)28-26(17)35)27-25(34)13-5-3-4-12(8-13)10-29-6-1-2-7-29/h3-5,8-9,16,18-19,21-23,30-33H,1-2,6-7,10-11H2,(H,27,34)(H,28,35)/t16?,18-,19-,21+,22+,23-/m1/s1. The van der Waals surface area contributed by atoms with Gasteiger partial charge in [-0.3, -0.25) is 14.5 Å². The van der Waals surface area contributed by atoms with Crippen molar-refractivity contribution < 1.29 is 39.5 Å². The van der Waals surface area contributed by atoms with E-state index in [4.69, 9.17) is 9.47 Å². The lowest BCUT2D eigenvalue weighted by Crippen LogP contribution is -2.69. The third-order valence-corrected chi connectivity index (χ3v) is 7.85. The van der Waals surface area contributed by atoms with Gasteiger partial charge in [-0.15, -0.1) is 0 Å². The van der Waals surface area contributed by atoms with Crippen molar-refractivity contribution in [3.8, 4) is 17.2 Å². The number of fused-ring (bicyclic) bond motifs is 4. The SMILES string of the molecule is O=C(N[C@@H]1C2c3cc4c(c(O)c3C(=O)N[C@H]2[C@H](O)[C@H](O)[C@H]1O)OCO4)c1cccc(CN2CCCC2)c1. The van der Waals surface area contributed by atoms with Gasteiger partial charge >= 0.3 is 0 Å². The summed E-state index contributed by atoms with van der Waals surface area (Å²) in [5, 5.41) is 48.5. The molecule has 196 valence electrons. The maximum atomic E-state index is 13.4. The van der Waals surface area contributed by atoms with Crippen molar-refractivity contribution in [1.29, 1.82) is 0 Å². The topological polar surface area (TPSA) is 161 Å². The molecule has 3 heterocycles. The molecule has 4 aliphatic rings. The van der Waals surface area contributed by atoms with E-state index in [0.717, 1.165) is 38.0 Å². The number of rotatable bonds is 4. The molecule has 1 unspecified atom stereocenters. The Labute approximate surface area is 212 Å². The van der Waals surface area contributed by atoms with E-state index in [1.807, 2.05) is 6.07 Å². The number of aliphatic hydroxyl groups is 3. The average Bonchev–Trinajstić information content (AvgIpc) is 3.58. The molecular weight excluding hydrogens is 482 g/mol. The highest BCUT2D eigenvalue weighted by Gasteiger charge is 2.54. The third kappa shape index (κ3) is 3.98. The van der Waals surface area contributed by atoms with Gasteiger partial charge in [-0.2, -0.15) is 0 Å². The Morgan fingerprint density at radius 3 is 2.65 bits per heavy atom. The number of likely N-dealkylation sites (tertiary alicyclic amines) is 1. The molecule has 1 aliphatic carbocycles. The Hall–Kier alpha value is -3.38. The van der Waals surface area contributed by atoms with Crippen molar-refractivity contribution in [1.82, 2.24) is 15.5 Å². The Morgan fingerprint density at radius 2 is 1.86 bits per heavy atom. The first-order valence-electron chi connectivity index (χ1n) is 12.5. The van der Waals surface area contributed by atoms with Crippen LogP contribution in [0.5, 0.6) is 17.2 Å². The van der Waals surface area contributed by atoms with Crippen LogP contribution in [0.2, 0.25) is 0 Å². The van der Waals surface area contributed by atoms with Gasteiger partial charge in [-0.25, -0.2) is 0 Å². The van der Waals surface area contributed by atoms with Crippen molar-refractivity contribution in [2.45, 2.75) is 55.7 Å². The number of aliphatic hydroxyl groups excluding tert-OH is 3. The summed E-state index contributed by atoms with van der Waals surface area (Å²) < 4.78 is 10.7. The lowest BCUT2D eigenvalue weighted by Gasteiger charge is -2.49. The van der Waals surface area contributed by atoms with Gasteiger partial charge in [0.1, 0.15) is 18.3 Å². The molecule has 2 aromatic carbocycles. The van der Waals surface area contributed by atoms with Crippen LogP contribution in [0.3, 0.4) is 0 Å². The van der Waals surface area contributed by atoms with Crippen LogP contribution in [0.1, 0.15) is 50.6 Å². The molecule has 6 rings (SSSR count). The third-order valence-electron chi connectivity index (χ3n) is 7.85. The van der Waals surface area contributed by atoms with Gasteiger partial charge in [0, 0.05) is 18.0 Å². The molecule has 2 amide bonds. The number of phenolic OH excluding ortho intramolecular Hbond substituents is 1. The number of carbonyl (C=O) groups is 2. The summed E-state index contributed by atoms with van der Waals surface area (Å²) in [5.41, 5.74) is 1.55. The van der Waals surface area contributed by atoms with Gasteiger partial charge in [-0.05, 0) is 55.3 Å². The van der Waals surface area contributed by atoms with Crippen LogP contribution in [0, 0.1) is 0 Å². The van der Waals surface area contributed by atoms with E-state index >= 15 is 0 Å². The molecule has 6 atom stereocenters. The predicted octanol–water partition coefficient (Wildman–Crippen LogP) is -0.193. The van der Waals surface area contributed by atoms with Gasteiger partial charge in [0.2, 0.25) is 12.5 Å². The van der Waals surface area contributed by atoms with E-state index in [1.165, 1.54) is 6.07 Å². The monoisotopic (exact) mass is 511 g/mol. The number of aromatic hydroxyl groups is 1. The van der Waals surface area contributed by atoms with Crippen molar-refractivity contribution in [2.24, 2.45) is 0 Å². The summed E-state index contributed by atoms with van der Waals surface area (Å²) in [5.74, 6) is -2.21. The van der Waals surface area contributed by atoms with Crippen LogP contribution in [-0.2, 0) is 6.54 Å². The minimum Gasteiger partial charge on any atom is -0.504 e. The van der Waals surface area contributed by atoms with E-state index in [1.54, 1.807) is 18.2 Å². The number of hydrogen-bond acceptors (Lipinski definition) is 9. The molecular formula is C26H29N3O8. The van der Waals surface area contributed by atoms with Crippen LogP contribution in [-0.4, -0.2) is 87.4 Å². The molecule has 1 saturated carbocycles. The van der Waals surface area contributed by atoms with Crippen molar-refractivity contribution >= 4 is 11.8 Å². The van der Waals surface area contributed by atoms with E-state index in [-0.39, 0.29) is 29.4 Å². The smallest absolute Gasteiger partial charge is 0.255 e. The zero-order valence-corrected chi connectivity index (χ0v) is 20.0. The molecule has 37 heavy (non-hydrogen) atoms. The molecule has 2 aromatic rings. The summed E-state index contributed by atoms with van der Waals surface area (Å²) in [4.78, 5) is 28.6. The molecule has 6 N–H and O–H groups in total. The number of carbonyl (C=O) groups excluding carboxylic acids is 2. The average molecular weight is 512 g/mol. The van der Waals surface area contributed by atoms with E-state index in [0.29, 0.717) is 5.56 Å². The number of nitrogens with one attached hydrogen (secondary N) is 2. The number of amides is 2. The van der Waals surface area contributed by atoms with Crippen molar-refractivity contribution in [3.63, 3.8) is 0 Å². The first-order valence-corrected chi connectivity index (χ1v) is 12.5. The highest BCUT2D eigenvalue weighted by molar-refractivity contribution is 6.02. The summed E-state index contributed by atoms with van der Waals surface area (Å²) in [6.07, 6.45) is -2.38. The lowest BCUT2D eigenvalue weighted by atomic mass is 9.68. The maximum Gasteiger partial charge on any atom is 0.255 e.